The predicted octanol–water partition coefficient (Wildman–Crippen LogP) is 1.26. The molecule has 0 spiro atoms. The molecule has 0 aliphatic heterocycles. The highest BCUT2D eigenvalue weighted by molar-refractivity contribution is 5.36. The van der Waals surface area contributed by atoms with Gasteiger partial charge in [0, 0.05) is 17.8 Å². The molecule has 7 nitrogen and oxygen atoms in total. The van der Waals surface area contributed by atoms with E-state index in [1.807, 2.05) is 0 Å². The zero-order chi connectivity index (χ0) is 14.5. The number of rotatable bonds is 6. The summed E-state index contributed by atoms with van der Waals surface area (Å²) in [5, 5.41) is 18.5. The molecule has 0 fully saturated rings. The van der Waals surface area contributed by atoms with Crippen LogP contribution in [0.5, 0.6) is 0 Å². The Labute approximate surface area is 114 Å². The van der Waals surface area contributed by atoms with Crippen LogP contribution in [0.15, 0.2) is 24.4 Å². The van der Waals surface area contributed by atoms with E-state index in [4.69, 9.17) is 5.73 Å². The van der Waals surface area contributed by atoms with Gasteiger partial charge in [-0.3, -0.25) is 10.1 Å². The Bertz CT molecular complexity index is 614. The number of aryl methyl sites for hydroxylation is 1. The molecule has 0 saturated heterocycles. The lowest BCUT2D eigenvalue weighted by Crippen LogP contribution is -2.04. The molecule has 1 aromatic heterocycles. The first-order valence-electron chi connectivity index (χ1n) is 6.12. The Morgan fingerprint density at radius 1 is 1.45 bits per heavy atom. The van der Waals surface area contributed by atoms with Crippen LogP contribution in [0.4, 0.5) is 10.1 Å². The molecule has 0 unspecified atom stereocenters. The zero-order valence-electron chi connectivity index (χ0n) is 10.7. The number of hydrogen-bond acceptors (Lipinski definition) is 5. The molecule has 0 bridgehead atoms. The normalized spacial score (nSPS) is 10.7. The summed E-state index contributed by atoms with van der Waals surface area (Å²) < 4.78 is 15.4. The van der Waals surface area contributed by atoms with Crippen molar-refractivity contribution in [3.05, 3.63) is 51.6 Å². The Balaban J connectivity index is 2.16. The molecular weight excluding hydrogens is 265 g/mol. The Kier molecular flexibility index (Phi) is 4.36. The van der Waals surface area contributed by atoms with Crippen LogP contribution in [0.2, 0.25) is 0 Å². The SMILES string of the molecule is NCCCc1cn(Cc2cccc([N+](=O)[O-])c2F)nn1. The number of nitro groups is 1. The number of nitrogens with zero attached hydrogens (tertiary/aromatic N) is 4. The van der Waals surface area contributed by atoms with E-state index in [0.29, 0.717) is 13.0 Å². The molecule has 1 aromatic carbocycles. The van der Waals surface area contributed by atoms with Crippen molar-refractivity contribution in [2.75, 3.05) is 6.54 Å². The Morgan fingerprint density at radius 3 is 2.95 bits per heavy atom. The molecule has 0 aliphatic rings. The molecule has 20 heavy (non-hydrogen) atoms. The van der Waals surface area contributed by atoms with Crippen LogP contribution >= 0.6 is 0 Å². The first kappa shape index (κ1) is 14.1. The third kappa shape index (κ3) is 3.15. The second-order valence-corrected chi connectivity index (χ2v) is 4.31. The fraction of sp³-hybridized carbons (Fsp3) is 0.333. The minimum Gasteiger partial charge on any atom is -0.330 e. The van der Waals surface area contributed by atoms with Gasteiger partial charge in [0.15, 0.2) is 0 Å². The van der Waals surface area contributed by atoms with Crippen molar-refractivity contribution in [2.45, 2.75) is 19.4 Å². The zero-order valence-corrected chi connectivity index (χ0v) is 10.7. The number of nitro benzene ring substituents is 1. The van der Waals surface area contributed by atoms with E-state index in [1.165, 1.54) is 16.8 Å². The Morgan fingerprint density at radius 2 is 2.25 bits per heavy atom. The molecule has 0 aliphatic carbocycles. The van der Waals surface area contributed by atoms with Crippen LogP contribution in [-0.2, 0) is 13.0 Å². The monoisotopic (exact) mass is 279 g/mol. The lowest BCUT2D eigenvalue weighted by Gasteiger charge is -2.03. The average Bonchev–Trinajstić information content (AvgIpc) is 2.86. The predicted molar refractivity (Wildman–Crippen MR) is 69.6 cm³/mol. The molecule has 0 radical (unpaired) electrons. The summed E-state index contributed by atoms with van der Waals surface area (Å²) in [7, 11) is 0. The molecule has 1 heterocycles. The summed E-state index contributed by atoms with van der Waals surface area (Å²) in [6.07, 6.45) is 3.19. The second kappa shape index (κ2) is 6.20. The van der Waals surface area contributed by atoms with Crippen molar-refractivity contribution in [1.29, 1.82) is 0 Å². The van der Waals surface area contributed by atoms with Crippen LogP contribution in [0, 0.1) is 15.9 Å². The third-order valence-corrected chi connectivity index (χ3v) is 2.81. The third-order valence-electron chi connectivity index (χ3n) is 2.81. The molecule has 106 valence electrons. The van der Waals surface area contributed by atoms with Crippen molar-refractivity contribution in [2.24, 2.45) is 5.73 Å². The molecule has 0 saturated carbocycles. The average molecular weight is 279 g/mol. The molecule has 8 heteroatoms. The summed E-state index contributed by atoms with van der Waals surface area (Å²) in [6.45, 7) is 0.662. The van der Waals surface area contributed by atoms with E-state index < -0.39 is 16.4 Å². The molecule has 2 aromatic rings. The van der Waals surface area contributed by atoms with Gasteiger partial charge in [0.1, 0.15) is 0 Å². The van der Waals surface area contributed by atoms with E-state index in [9.17, 15) is 14.5 Å². The van der Waals surface area contributed by atoms with E-state index in [-0.39, 0.29) is 12.1 Å². The first-order valence-corrected chi connectivity index (χ1v) is 6.12. The standard InChI is InChI=1S/C12H14FN5O2/c13-12-9(3-1-5-11(12)18(19)20)7-17-8-10(15-16-17)4-2-6-14/h1,3,5,8H,2,4,6-7,14H2. The van der Waals surface area contributed by atoms with Crippen molar-refractivity contribution in [3.63, 3.8) is 0 Å². The minimum atomic E-state index is -0.837. The minimum absolute atomic E-state index is 0.100. The maximum absolute atomic E-state index is 13.9. The van der Waals surface area contributed by atoms with Crippen molar-refractivity contribution < 1.29 is 9.31 Å². The number of benzene rings is 1. The fourth-order valence-electron chi connectivity index (χ4n) is 1.82. The van der Waals surface area contributed by atoms with Crippen LogP contribution in [0.25, 0.3) is 0 Å². The van der Waals surface area contributed by atoms with Gasteiger partial charge in [-0.2, -0.15) is 4.39 Å². The maximum atomic E-state index is 13.9. The van der Waals surface area contributed by atoms with Gasteiger partial charge in [-0.25, -0.2) is 4.68 Å². The quantitative estimate of drug-likeness (QED) is 0.634. The molecule has 0 atom stereocenters. The van der Waals surface area contributed by atoms with Gasteiger partial charge in [-0.15, -0.1) is 5.10 Å². The summed E-state index contributed by atoms with van der Waals surface area (Å²) >= 11 is 0. The summed E-state index contributed by atoms with van der Waals surface area (Å²) in [5.74, 6) is -0.837. The van der Waals surface area contributed by atoms with E-state index in [2.05, 4.69) is 10.3 Å². The van der Waals surface area contributed by atoms with Gasteiger partial charge in [0.05, 0.1) is 17.2 Å². The van der Waals surface area contributed by atoms with Crippen molar-refractivity contribution in [3.8, 4) is 0 Å². The van der Waals surface area contributed by atoms with Gasteiger partial charge in [-0.05, 0) is 19.4 Å². The van der Waals surface area contributed by atoms with E-state index in [0.717, 1.165) is 18.2 Å². The summed E-state index contributed by atoms with van der Waals surface area (Å²) in [4.78, 5) is 9.92. The van der Waals surface area contributed by atoms with Crippen molar-refractivity contribution >= 4 is 5.69 Å². The number of aromatic nitrogens is 3. The summed E-state index contributed by atoms with van der Waals surface area (Å²) in [6, 6.07) is 4.07. The number of halogens is 1. The van der Waals surface area contributed by atoms with Crippen LogP contribution < -0.4 is 5.73 Å². The van der Waals surface area contributed by atoms with E-state index >= 15 is 0 Å². The van der Waals surface area contributed by atoms with Crippen LogP contribution in [-0.4, -0.2) is 26.5 Å². The second-order valence-electron chi connectivity index (χ2n) is 4.31. The number of nitrogens with two attached hydrogens (primary N) is 1. The highest BCUT2D eigenvalue weighted by atomic mass is 19.1. The van der Waals surface area contributed by atoms with Crippen LogP contribution in [0.1, 0.15) is 17.7 Å². The highest BCUT2D eigenvalue weighted by Gasteiger charge is 2.17. The van der Waals surface area contributed by atoms with Gasteiger partial charge >= 0.3 is 5.69 Å². The van der Waals surface area contributed by atoms with Crippen LogP contribution in [0.3, 0.4) is 0 Å². The molecule has 0 amide bonds. The molecule has 2 N–H and O–H groups in total. The van der Waals surface area contributed by atoms with Gasteiger partial charge in [0.2, 0.25) is 5.82 Å². The lowest BCUT2D eigenvalue weighted by molar-refractivity contribution is -0.387. The number of hydrogen-bond donors (Lipinski definition) is 1. The lowest BCUT2D eigenvalue weighted by atomic mass is 10.2. The fourth-order valence-corrected chi connectivity index (χ4v) is 1.82. The highest BCUT2D eigenvalue weighted by Crippen LogP contribution is 2.20. The maximum Gasteiger partial charge on any atom is 0.305 e. The van der Waals surface area contributed by atoms with Gasteiger partial charge in [-0.1, -0.05) is 17.3 Å². The molecule has 2 rings (SSSR count). The van der Waals surface area contributed by atoms with Crippen molar-refractivity contribution in [1.82, 2.24) is 15.0 Å². The molecular formula is C12H14FN5O2. The smallest absolute Gasteiger partial charge is 0.305 e. The largest absolute Gasteiger partial charge is 0.330 e. The summed E-state index contributed by atoms with van der Waals surface area (Å²) in [5.41, 5.74) is 5.84. The first-order chi connectivity index (χ1) is 9.61. The van der Waals surface area contributed by atoms with Gasteiger partial charge in [0.25, 0.3) is 0 Å². The Hall–Kier alpha value is -2.35. The van der Waals surface area contributed by atoms with E-state index in [1.54, 1.807) is 6.20 Å². The topological polar surface area (TPSA) is 99.9 Å². The van der Waals surface area contributed by atoms with Gasteiger partial charge < -0.3 is 5.73 Å².